The third kappa shape index (κ3) is 2.33. The van der Waals surface area contributed by atoms with Crippen molar-refractivity contribution in [3.8, 4) is 0 Å². The number of anilines is 1. The van der Waals surface area contributed by atoms with Gasteiger partial charge in [0.1, 0.15) is 11.4 Å². The number of aromatic carboxylic acids is 1. The van der Waals surface area contributed by atoms with Gasteiger partial charge >= 0.3 is 5.97 Å². The Morgan fingerprint density at radius 3 is 2.83 bits per heavy atom. The van der Waals surface area contributed by atoms with Crippen LogP contribution in [0.25, 0.3) is 0 Å². The van der Waals surface area contributed by atoms with Crippen LogP contribution in [0.4, 0.5) is 5.82 Å². The summed E-state index contributed by atoms with van der Waals surface area (Å²) in [6.45, 7) is 7.15. The molecule has 1 aliphatic heterocycles. The van der Waals surface area contributed by atoms with Gasteiger partial charge in [0, 0.05) is 18.3 Å². The number of carboxylic acids is 1. The molecule has 1 aromatic heterocycles. The van der Waals surface area contributed by atoms with Crippen LogP contribution in [-0.2, 0) is 0 Å². The number of nitrogens with zero attached hydrogens (tertiary/aromatic N) is 2. The topological polar surface area (TPSA) is 53.4 Å². The van der Waals surface area contributed by atoms with Crippen molar-refractivity contribution in [2.75, 3.05) is 11.4 Å². The number of carbonyl (C=O) groups is 1. The fraction of sp³-hybridized carbons (Fsp3) is 0.571. The van der Waals surface area contributed by atoms with Crippen LogP contribution in [0.1, 0.15) is 42.7 Å². The highest BCUT2D eigenvalue weighted by molar-refractivity contribution is 5.93. The van der Waals surface area contributed by atoms with Crippen LogP contribution in [0.2, 0.25) is 0 Å². The van der Waals surface area contributed by atoms with Gasteiger partial charge in [-0.05, 0) is 44.7 Å². The van der Waals surface area contributed by atoms with Crippen LogP contribution >= 0.6 is 0 Å². The van der Waals surface area contributed by atoms with Crippen molar-refractivity contribution in [3.63, 3.8) is 0 Å². The van der Waals surface area contributed by atoms with Crippen LogP contribution in [0, 0.1) is 12.8 Å². The molecule has 0 aliphatic carbocycles. The number of aryl methyl sites for hydroxylation is 1. The monoisotopic (exact) mass is 248 g/mol. The van der Waals surface area contributed by atoms with Crippen molar-refractivity contribution >= 4 is 11.8 Å². The van der Waals surface area contributed by atoms with E-state index in [0.717, 1.165) is 18.7 Å². The van der Waals surface area contributed by atoms with Crippen LogP contribution in [-0.4, -0.2) is 28.6 Å². The molecule has 18 heavy (non-hydrogen) atoms. The van der Waals surface area contributed by atoms with E-state index in [9.17, 15) is 9.90 Å². The zero-order chi connectivity index (χ0) is 13.3. The first-order valence-corrected chi connectivity index (χ1v) is 6.48. The Kier molecular flexibility index (Phi) is 3.55. The predicted molar refractivity (Wildman–Crippen MR) is 71.1 cm³/mol. The van der Waals surface area contributed by atoms with Gasteiger partial charge < -0.3 is 10.0 Å². The number of piperidine rings is 1. The van der Waals surface area contributed by atoms with Gasteiger partial charge in [-0.25, -0.2) is 9.78 Å². The molecule has 1 aliphatic rings. The average molecular weight is 248 g/mol. The summed E-state index contributed by atoms with van der Waals surface area (Å²) in [5, 5.41) is 9.27. The van der Waals surface area contributed by atoms with Gasteiger partial charge in [0.15, 0.2) is 0 Å². The Bertz CT molecular complexity index is 459. The minimum atomic E-state index is -0.900. The lowest BCUT2D eigenvalue weighted by atomic mass is 9.92. The summed E-state index contributed by atoms with van der Waals surface area (Å²) in [7, 11) is 0. The van der Waals surface area contributed by atoms with Crippen molar-refractivity contribution in [1.82, 2.24) is 4.98 Å². The predicted octanol–water partition coefficient (Wildman–Crippen LogP) is 2.71. The molecule has 1 fully saturated rings. The maximum atomic E-state index is 11.3. The van der Waals surface area contributed by atoms with E-state index in [0.29, 0.717) is 23.3 Å². The Balaban J connectivity index is 2.42. The zero-order valence-electron chi connectivity index (χ0n) is 11.2. The number of aromatic nitrogens is 1. The fourth-order valence-corrected chi connectivity index (χ4v) is 2.56. The Morgan fingerprint density at radius 2 is 2.17 bits per heavy atom. The van der Waals surface area contributed by atoms with E-state index in [1.54, 1.807) is 12.1 Å². The first kappa shape index (κ1) is 12.9. The second kappa shape index (κ2) is 4.96. The van der Waals surface area contributed by atoms with Crippen molar-refractivity contribution in [2.45, 2.75) is 39.7 Å². The molecule has 2 atom stereocenters. The quantitative estimate of drug-likeness (QED) is 0.874. The average Bonchev–Trinajstić information content (AvgIpc) is 2.32. The molecule has 2 rings (SSSR count). The van der Waals surface area contributed by atoms with Gasteiger partial charge in [-0.1, -0.05) is 6.92 Å². The largest absolute Gasteiger partial charge is 0.478 e. The van der Waals surface area contributed by atoms with Gasteiger partial charge in [0.25, 0.3) is 0 Å². The van der Waals surface area contributed by atoms with Crippen molar-refractivity contribution in [1.29, 1.82) is 0 Å². The highest BCUT2D eigenvalue weighted by atomic mass is 16.4. The molecular weight excluding hydrogens is 228 g/mol. The summed E-state index contributed by atoms with van der Waals surface area (Å²) < 4.78 is 0. The van der Waals surface area contributed by atoms with Crippen LogP contribution < -0.4 is 4.90 Å². The fourth-order valence-electron chi connectivity index (χ4n) is 2.56. The van der Waals surface area contributed by atoms with E-state index in [-0.39, 0.29) is 0 Å². The van der Waals surface area contributed by atoms with E-state index < -0.39 is 5.97 Å². The molecule has 98 valence electrons. The smallest absolute Gasteiger partial charge is 0.339 e. The summed E-state index contributed by atoms with van der Waals surface area (Å²) in [5.74, 6) is 0.298. The lowest BCUT2D eigenvalue weighted by Gasteiger charge is -2.39. The van der Waals surface area contributed by atoms with E-state index in [1.807, 2.05) is 6.92 Å². The van der Waals surface area contributed by atoms with Crippen molar-refractivity contribution in [3.05, 3.63) is 23.4 Å². The number of carboxylic acid groups (broad SMARTS) is 1. The molecule has 0 radical (unpaired) electrons. The van der Waals surface area contributed by atoms with E-state index in [1.165, 1.54) is 6.42 Å². The molecule has 2 unspecified atom stereocenters. The number of pyridine rings is 1. The normalized spacial score (nSPS) is 24.1. The molecule has 0 aromatic carbocycles. The van der Waals surface area contributed by atoms with Crippen molar-refractivity contribution < 1.29 is 9.90 Å². The highest BCUT2D eigenvalue weighted by Crippen LogP contribution is 2.29. The molecule has 0 amide bonds. The van der Waals surface area contributed by atoms with E-state index in [2.05, 4.69) is 23.7 Å². The molecule has 1 N–H and O–H groups in total. The summed E-state index contributed by atoms with van der Waals surface area (Å²) in [4.78, 5) is 17.9. The van der Waals surface area contributed by atoms with Gasteiger partial charge in [-0.2, -0.15) is 0 Å². The lowest BCUT2D eigenvalue weighted by Crippen LogP contribution is -2.43. The summed E-state index contributed by atoms with van der Waals surface area (Å²) in [5.41, 5.74) is 1.17. The number of rotatable bonds is 2. The first-order valence-electron chi connectivity index (χ1n) is 6.48. The highest BCUT2D eigenvalue weighted by Gasteiger charge is 2.28. The summed E-state index contributed by atoms with van der Waals surface area (Å²) in [6, 6.07) is 3.75. The molecule has 0 bridgehead atoms. The van der Waals surface area contributed by atoms with E-state index in [4.69, 9.17) is 0 Å². The zero-order valence-corrected chi connectivity index (χ0v) is 11.2. The Morgan fingerprint density at radius 1 is 1.44 bits per heavy atom. The van der Waals surface area contributed by atoms with Gasteiger partial charge in [0.05, 0.1) is 0 Å². The number of hydrogen-bond acceptors (Lipinski definition) is 3. The Hall–Kier alpha value is -1.58. The minimum Gasteiger partial charge on any atom is -0.478 e. The molecule has 2 heterocycles. The standard InChI is InChI=1S/C14H20N2O2/c1-9-5-4-8-16(11(9)3)13-12(14(17)18)7-6-10(2)15-13/h6-7,9,11H,4-5,8H2,1-3H3,(H,17,18). The third-order valence-corrected chi connectivity index (χ3v) is 3.89. The van der Waals surface area contributed by atoms with Crippen LogP contribution in [0.15, 0.2) is 12.1 Å². The van der Waals surface area contributed by atoms with Gasteiger partial charge in [0.2, 0.25) is 0 Å². The second-order valence-corrected chi connectivity index (χ2v) is 5.18. The molecule has 4 nitrogen and oxygen atoms in total. The molecule has 4 heteroatoms. The van der Waals surface area contributed by atoms with E-state index >= 15 is 0 Å². The lowest BCUT2D eigenvalue weighted by molar-refractivity contribution is 0.0697. The summed E-state index contributed by atoms with van der Waals surface area (Å²) >= 11 is 0. The second-order valence-electron chi connectivity index (χ2n) is 5.18. The molecule has 1 saturated heterocycles. The maximum absolute atomic E-state index is 11.3. The van der Waals surface area contributed by atoms with Crippen LogP contribution in [0.5, 0.6) is 0 Å². The van der Waals surface area contributed by atoms with Gasteiger partial charge in [-0.3, -0.25) is 0 Å². The third-order valence-electron chi connectivity index (χ3n) is 3.89. The maximum Gasteiger partial charge on any atom is 0.339 e. The summed E-state index contributed by atoms with van der Waals surface area (Å²) in [6.07, 6.45) is 2.30. The number of hydrogen-bond donors (Lipinski definition) is 1. The van der Waals surface area contributed by atoms with Gasteiger partial charge in [-0.15, -0.1) is 0 Å². The molecule has 0 saturated carbocycles. The minimum absolute atomic E-state index is 0.307. The Labute approximate surface area is 108 Å². The first-order chi connectivity index (χ1) is 8.50. The molecule has 0 spiro atoms. The van der Waals surface area contributed by atoms with Crippen molar-refractivity contribution in [2.24, 2.45) is 5.92 Å². The SMILES string of the molecule is Cc1ccc(C(=O)O)c(N2CCCC(C)C2C)n1. The molecular formula is C14H20N2O2. The molecule has 1 aromatic rings. The van der Waals surface area contributed by atoms with Crippen LogP contribution in [0.3, 0.4) is 0 Å².